The van der Waals surface area contributed by atoms with Crippen LogP contribution in [0, 0.1) is 0 Å². The first-order chi connectivity index (χ1) is 9.13. The Kier molecular flexibility index (Phi) is 4.24. The summed E-state index contributed by atoms with van der Waals surface area (Å²) >= 11 is 0. The SMILES string of the molecule is CCCc1nccn1C1CCC(NCC)(C(N)=O)C1. The van der Waals surface area contributed by atoms with E-state index in [1.54, 1.807) is 0 Å². The Morgan fingerprint density at radius 2 is 2.42 bits per heavy atom. The summed E-state index contributed by atoms with van der Waals surface area (Å²) in [4.78, 5) is 16.2. The number of carbonyl (C=O) groups is 1. The van der Waals surface area contributed by atoms with Crippen molar-refractivity contribution < 1.29 is 4.79 Å². The van der Waals surface area contributed by atoms with Crippen molar-refractivity contribution in [3.63, 3.8) is 0 Å². The summed E-state index contributed by atoms with van der Waals surface area (Å²) in [5, 5.41) is 3.29. The zero-order valence-electron chi connectivity index (χ0n) is 11.9. The van der Waals surface area contributed by atoms with E-state index in [4.69, 9.17) is 5.73 Å². The van der Waals surface area contributed by atoms with Gasteiger partial charge < -0.3 is 15.6 Å². The predicted octanol–water partition coefficient (Wildman–Crippen LogP) is 1.39. The summed E-state index contributed by atoms with van der Waals surface area (Å²) in [5.74, 6) is 0.887. The molecule has 0 aliphatic heterocycles. The molecule has 5 heteroatoms. The van der Waals surface area contributed by atoms with E-state index in [9.17, 15) is 4.79 Å². The van der Waals surface area contributed by atoms with Gasteiger partial charge in [0, 0.05) is 24.9 Å². The number of nitrogens with two attached hydrogens (primary N) is 1. The quantitative estimate of drug-likeness (QED) is 0.815. The largest absolute Gasteiger partial charge is 0.368 e. The van der Waals surface area contributed by atoms with Gasteiger partial charge in [-0.15, -0.1) is 0 Å². The van der Waals surface area contributed by atoms with Crippen molar-refractivity contribution in [1.29, 1.82) is 0 Å². The van der Waals surface area contributed by atoms with Crippen molar-refractivity contribution in [1.82, 2.24) is 14.9 Å². The number of primary amides is 1. The standard InChI is InChI=1S/C14H24N4O/c1-3-5-12-16-8-9-18(12)11-6-7-14(10-11,13(15)19)17-4-2/h8-9,11,17H,3-7,10H2,1-2H3,(H2,15,19). The van der Waals surface area contributed by atoms with Crippen LogP contribution in [0.1, 0.15) is 51.4 Å². The molecular formula is C14H24N4O. The fourth-order valence-electron chi connectivity index (χ4n) is 3.16. The molecule has 106 valence electrons. The summed E-state index contributed by atoms with van der Waals surface area (Å²) in [6, 6.07) is 0.329. The molecule has 1 aliphatic carbocycles. The molecule has 0 radical (unpaired) electrons. The van der Waals surface area contributed by atoms with Crippen LogP contribution in [0.2, 0.25) is 0 Å². The minimum atomic E-state index is -0.535. The molecule has 5 nitrogen and oxygen atoms in total. The number of rotatable bonds is 6. The maximum absolute atomic E-state index is 11.8. The lowest BCUT2D eigenvalue weighted by Gasteiger charge is -2.27. The second-order valence-corrected chi connectivity index (χ2v) is 5.37. The van der Waals surface area contributed by atoms with Gasteiger partial charge in [-0.1, -0.05) is 13.8 Å². The van der Waals surface area contributed by atoms with Crippen molar-refractivity contribution in [3.05, 3.63) is 18.2 Å². The molecule has 0 spiro atoms. The molecule has 1 fully saturated rings. The molecule has 0 saturated heterocycles. The van der Waals surface area contributed by atoms with Crippen molar-refractivity contribution >= 4 is 5.91 Å². The molecule has 1 aromatic rings. The number of aromatic nitrogens is 2. The molecular weight excluding hydrogens is 240 g/mol. The number of nitrogens with zero attached hydrogens (tertiary/aromatic N) is 2. The van der Waals surface area contributed by atoms with Crippen LogP contribution in [0.15, 0.2) is 12.4 Å². The first kappa shape index (κ1) is 14.1. The van der Waals surface area contributed by atoms with Gasteiger partial charge in [0.25, 0.3) is 0 Å². The highest BCUT2D eigenvalue weighted by atomic mass is 16.1. The summed E-state index contributed by atoms with van der Waals surface area (Å²) in [5.41, 5.74) is 5.07. The number of likely N-dealkylation sites (N-methyl/N-ethyl adjacent to an activating group) is 1. The van der Waals surface area contributed by atoms with Crippen LogP contribution < -0.4 is 11.1 Å². The van der Waals surface area contributed by atoms with E-state index in [0.29, 0.717) is 6.04 Å². The number of hydrogen-bond donors (Lipinski definition) is 2. The van der Waals surface area contributed by atoms with E-state index in [0.717, 1.165) is 44.5 Å². The molecule has 3 N–H and O–H groups in total. The molecule has 0 aromatic carbocycles. The Morgan fingerprint density at radius 3 is 3.05 bits per heavy atom. The molecule has 1 heterocycles. The monoisotopic (exact) mass is 264 g/mol. The molecule has 0 bridgehead atoms. The fourth-order valence-corrected chi connectivity index (χ4v) is 3.16. The van der Waals surface area contributed by atoms with E-state index in [-0.39, 0.29) is 5.91 Å². The van der Waals surface area contributed by atoms with Crippen LogP contribution >= 0.6 is 0 Å². The summed E-state index contributed by atoms with van der Waals surface area (Å²) in [7, 11) is 0. The average molecular weight is 264 g/mol. The summed E-state index contributed by atoms with van der Waals surface area (Å²) in [6.07, 6.45) is 8.49. The predicted molar refractivity (Wildman–Crippen MR) is 74.7 cm³/mol. The normalized spacial score (nSPS) is 26.7. The molecule has 1 saturated carbocycles. The van der Waals surface area contributed by atoms with E-state index >= 15 is 0 Å². The maximum Gasteiger partial charge on any atom is 0.237 e. The van der Waals surface area contributed by atoms with Gasteiger partial charge in [-0.3, -0.25) is 4.79 Å². The smallest absolute Gasteiger partial charge is 0.237 e. The highest BCUT2D eigenvalue weighted by Gasteiger charge is 2.44. The van der Waals surface area contributed by atoms with Crippen LogP contribution in [0.3, 0.4) is 0 Å². The molecule has 2 unspecified atom stereocenters. The highest BCUT2D eigenvalue weighted by molar-refractivity contribution is 5.85. The number of aryl methyl sites for hydroxylation is 1. The van der Waals surface area contributed by atoms with Gasteiger partial charge >= 0.3 is 0 Å². The minimum Gasteiger partial charge on any atom is -0.368 e. The molecule has 1 aromatic heterocycles. The second kappa shape index (κ2) is 5.74. The third-order valence-electron chi connectivity index (χ3n) is 4.09. The van der Waals surface area contributed by atoms with Gasteiger partial charge in [0.2, 0.25) is 5.91 Å². The highest BCUT2D eigenvalue weighted by Crippen LogP contribution is 2.38. The second-order valence-electron chi connectivity index (χ2n) is 5.37. The van der Waals surface area contributed by atoms with Crippen molar-refractivity contribution in [2.45, 2.75) is 57.5 Å². The lowest BCUT2D eigenvalue weighted by atomic mass is 9.96. The van der Waals surface area contributed by atoms with E-state index < -0.39 is 5.54 Å². The third-order valence-corrected chi connectivity index (χ3v) is 4.09. The van der Waals surface area contributed by atoms with Gasteiger partial charge in [-0.05, 0) is 32.2 Å². The Hall–Kier alpha value is -1.36. The summed E-state index contributed by atoms with van der Waals surface area (Å²) in [6.45, 7) is 4.93. The number of imidazole rings is 1. The number of carbonyl (C=O) groups excluding carboxylic acids is 1. The van der Waals surface area contributed by atoms with Gasteiger partial charge in [0.1, 0.15) is 5.82 Å². The number of amides is 1. The first-order valence-corrected chi connectivity index (χ1v) is 7.19. The topological polar surface area (TPSA) is 72.9 Å². The van der Waals surface area contributed by atoms with E-state index in [2.05, 4.69) is 21.8 Å². The fraction of sp³-hybridized carbons (Fsp3) is 0.714. The van der Waals surface area contributed by atoms with Crippen LogP contribution in [0.4, 0.5) is 0 Å². The Balaban J connectivity index is 2.16. The van der Waals surface area contributed by atoms with E-state index in [1.165, 1.54) is 0 Å². The van der Waals surface area contributed by atoms with Gasteiger partial charge in [0.05, 0.1) is 5.54 Å². The zero-order chi connectivity index (χ0) is 13.9. The maximum atomic E-state index is 11.8. The van der Waals surface area contributed by atoms with Gasteiger partial charge in [-0.25, -0.2) is 4.98 Å². The Bertz CT molecular complexity index is 442. The van der Waals surface area contributed by atoms with Crippen molar-refractivity contribution in [3.8, 4) is 0 Å². The molecule has 2 atom stereocenters. The Morgan fingerprint density at radius 1 is 1.63 bits per heavy atom. The minimum absolute atomic E-state index is 0.228. The zero-order valence-corrected chi connectivity index (χ0v) is 11.9. The van der Waals surface area contributed by atoms with Crippen molar-refractivity contribution in [2.24, 2.45) is 5.73 Å². The third kappa shape index (κ3) is 2.66. The van der Waals surface area contributed by atoms with Crippen LogP contribution in [-0.4, -0.2) is 27.5 Å². The molecule has 19 heavy (non-hydrogen) atoms. The Labute approximate surface area is 114 Å². The van der Waals surface area contributed by atoms with Crippen LogP contribution in [-0.2, 0) is 11.2 Å². The lowest BCUT2D eigenvalue weighted by molar-refractivity contribution is -0.124. The van der Waals surface area contributed by atoms with Crippen LogP contribution in [0.25, 0.3) is 0 Å². The van der Waals surface area contributed by atoms with Crippen molar-refractivity contribution in [2.75, 3.05) is 6.54 Å². The average Bonchev–Trinajstić information content (AvgIpc) is 2.97. The summed E-state index contributed by atoms with van der Waals surface area (Å²) < 4.78 is 2.23. The van der Waals surface area contributed by atoms with Crippen LogP contribution in [0.5, 0.6) is 0 Å². The molecule has 1 amide bonds. The molecule has 2 rings (SSSR count). The van der Waals surface area contributed by atoms with E-state index in [1.807, 2.05) is 19.3 Å². The first-order valence-electron chi connectivity index (χ1n) is 7.19. The number of nitrogens with one attached hydrogen (secondary N) is 1. The lowest BCUT2D eigenvalue weighted by Crippen LogP contribution is -2.53. The molecule has 1 aliphatic rings. The van der Waals surface area contributed by atoms with Gasteiger partial charge in [0.15, 0.2) is 0 Å². The number of hydrogen-bond acceptors (Lipinski definition) is 3. The van der Waals surface area contributed by atoms with Gasteiger partial charge in [-0.2, -0.15) is 0 Å².